The Morgan fingerprint density at radius 2 is 1.56 bits per heavy atom. The maximum absolute atomic E-state index is 12.4. The van der Waals surface area contributed by atoms with Crippen molar-refractivity contribution in [3.63, 3.8) is 0 Å². The number of rotatable bonds is 9. The molecule has 0 radical (unpaired) electrons. The van der Waals surface area contributed by atoms with Crippen molar-refractivity contribution >= 4 is 45.4 Å². The molecular formula is C23H20ClN3O6S. The molecule has 2 amide bonds. The lowest BCUT2D eigenvalue weighted by Crippen LogP contribution is -2.24. The first-order valence-electron chi connectivity index (χ1n) is 9.84. The molecule has 0 spiro atoms. The van der Waals surface area contributed by atoms with Crippen molar-refractivity contribution in [3.05, 3.63) is 83.4 Å². The molecule has 0 heterocycles. The molecule has 176 valence electrons. The Hall–Kier alpha value is -3.89. The molecule has 0 unspecified atom stereocenters. The van der Waals surface area contributed by atoms with Gasteiger partial charge in [-0.15, -0.1) is 0 Å². The normalized spacial score (nSPS) is 11.1. The second-order valence-corrected chi connectivity index (χ2v) is 8.83. The van der Waals surface area contributed by atoms with Gasteiger partial charge < -0.3 is 14.2 Å². The number of anilines is 1. The van der Waals surface area contributed by atoms with E-state index in [1.54, 1.807) is 36.4 Å². The predicted molar refractivity (Wildman–Crippen MR) is 128 cm³/mol. The summed E-state index contributed by atoms with van der Waals surface area (Å²) in [6.07, 6.45) is 1.39. The summed E-state index contributed by atoms with van der Waals surface area (Å²) in [5, 5.41) is 6.95. The molecule has 3 aromatic rings. The van der Waals surface area contributed by atoms with Gasteiger partial charge >= 0.3 is 10.1 Å². The Labute approximate surface area is 201 Å². The highest BCUT2D eigenvalue weighted by Gasteiger charge is 2.16. The fourth-order valence-corrected chi connectivity index (χ4v) is 3.64. The van der Waals surface area contributed by atoms with Crippen molar-refractivity contribution in [1.29, 1.82) is 0 Å². The first-order valence-corrected chi connectivity index (χ1v) is 11.6. The van der Waals surface area contributed by atoms with Gasteiger partial charge in [-0.1, -0.05) is 11.6 Å². The number of benzene rings is 3. The van der Waals surface area contributed by atoms with E-state index < -0.39 is 16.0 Å². The zero-order valence-corrected chi connectivity index (χ0v) is 19.5. The molecule has 0 saturated heterocycles. The smallest absolute Gasteiger partial charge is 0.339 e. The van der Waals surface area contributed by atoms with Crippen LogP contribution in [0.3, 0.4) is 0 Å². The Bertz CT molecular complexity index is 1280. The lowest BCUT2D eigenvalue weighted by Gasteiger charge is -2.08. The van der Waals surface area contributed by atoms with Crippen molar-refractivity contribution < 1.29 is 26.9 Å². The van der Waals surface area contributed by atoms with Gasteiger partial charge in [-0.2, -0.15) is 13.5 Å². The Morgan fingerprint density at radius 3 is 2.18 bits per heavy atom. The maximum Gasteiger partial charge on any atom is 0.339 e. The minimum Gasteiger partial charge on any atom is -0.484 e. The highest BCUT2D eigenvalue weighted by Crippen LogP contribution is 2.20. The number of hydrogen-bond acceptors (Lipinski definition) is 7. The molecule has 0 saturated carbocycles. The number of hydrogen-bond donors (Lipinski definition) is 2. The molecule has 11 heteroatoms. The molecule has 3 aromatic carbocycles. The molecule has 0 aliphatic heterocycles. The van der Waals surface area contributed by atoms with E-state index >= 15 is 0 Å². The summed E-state index contributed by atoms with van der Waals surface area (Å²) in [5.74, 6) is -0.121. The van der Waals surface area contributed by atoms with Gasteiger partial charge in [0.05, 0.1) is 6.21 Å². The van der Waals surface area contributed by atoms with Crippen LogP contribution in [0.1, 0.15) is 12.5 Å². The van der Waals surface area contributed by atoms with Gasteiger partial charge in [0.15, 0.2) is 6.61 Å². The van der Waals surface area contributed by atoms with Crippen LogP contribution in [0.2, 0.25) is 5.02 Å². The number of halogens is 1. The van der Waals surface area contributed by atoms with Crippen LogP contribution < -0.4 is 19.7 Å². The first-order chi connectivity index (χ1) is 16.2. The number of amides is 2. The number of nitrogens with zero attached hydrogens (tertiary/aromatic N) is 1. The van der Waals surface area contributed by atoms with E-state index in [9.17, 15) is 18.0 Å². The van der Waals surface area contributed by atoms with Gasteiger partial charge in [0.25, 0.3) is 5.91 Å². The van der Waals surface area contributed by atoms with E-state index in [-0.39, 0.29) is 23.2 Å². The molecule has 0 fully saturated rings. The molecule has 3 rings (SSSR count). The third kappa shape index (κ3) is 7.61. The van der Waals surface area contributed by atoms with Gasteiger partial charge in [-0.25, -0.2) is 5.43 Å². The van der Waals surface area contributed by atoms with Crippen LogP contribution in [0, 0.1) is 0 Å². The molecule has 0 atom stereocenters. The summed E-state index contributed by atoms with van der Waals surface area (Å²) in [6, 6.07) is 18.2. The number of carbonyl (C=O) groups is 2. The highest BCUT2D eigenvalue weighted by atomic mass is 35.5. The summed E-state index contributed by atoms with van der Waals surface area (Å²) in [5.41, 5.74) is 3.40. The molecule has 0 bridgehead atoms. The zero-order valence-electron chi connectivity index (χ0n) is 17.9. The van der Waals surface area contributed by atoms with Crippen molar-refractivity contribution in [2.45, 2.75) is 11.8 Å². The second-order valence-electron chi connectivity index (χ2n) is 6.85. The van der Waals surface area contributed by atoms with Gasteiger partial charge in [0.2, 0.25) is 5.91 Å². The molecule has 0 aliphatic rings. The predicted octanol–water partition coefficient (Wildman–Crippen LogP) is 3.60. The molecule has 34 heavy (non-hydrogen) atoms. The third-order valence-electron chi connectivity index (χ3n) is 4.14. The summed E-state index contributed by atoms with van der Waals surface area (Å²) in [7, 11) is -4.06. The minimum absolute atomic E-state index is 0.0595. The van der Waals surface area contributed by atoms with E-state index in [1.165, 1.54) is 49.5 Å². The second kappa shape index (κ2) is 11.3. The average molecular weight is 502 g/mol. The fourth-order valence-electron chi connectivity index (χ4n) is 2.58. The van der Waals surface area contributed by atoms with E-state index in [1.807, 2.05) is 0 Å². The Morgan fingerprint density at radius 1 is 0.941 bits per heavy atom. The minimum atomic E-state index is -4.06. The largest absolute Gasteiger partial charge is 0.484 e. The summed E-state index contributed by atoms with van der Waals surface area (Å²) >= 11 is 5.79. The SMILES string of the molecule is CC(=O)Nc1ccc(S(=O)(=O)Oc2ccc(/C=N\NC(=O)COc3ccc(Cl)cc3)cc2)cc1. The Balaban J connectivity index is 1.50. The monoisotopic (exact) mass is 501 g/mol. The fraction of sp³-hybridized carbons (Fsp3) is 0.0870. The van der Waals surface area contributed by atoms with E-state index in [2.05, 4.69) is 15.8 Å². The van der Waals surface area contributed by atoms with Crippen LogP contribution in [0.4, 0.5) is 5.69 Å². The van der Waals surface area contributed by atoms with Gasteiger partial charge in [-0.05, 0) is 78.4 Å². The van der Waals surface area contributed by atoms with Gasteiger partial charge in [0, 0.05) is 17.6 Å². The summed E-state index contributed by atoms with van der Waals surface area (Å²) in [6.45, 7) is 1.13. The number of carbonyl (C=O) groups excluding carboxylic acids is 2. The quantitative estimate of drug-likeness (QED) is 0.262. The van der Waals surface area contributed by atoms with E-state index in [0.717, 1.165) is 0 Å². The summed E-state index contributed by atoms with van der Waals surface area (Å²) < 4.78 is 35.3. The van der Waals surface area contributed by atoms with Crippen LogP contribution in [-0.4, -0.2) is 33.1 Å². The van der Waals surface area contributed by atoms with Crippen LogP contribution in [0.15, 0.2) is 82.8 Å². The molecule has 2 N–H and O–H groups in total. The van der Waals surface area contributed by atoms with Crippen molar-refractivity contribution in [2.75, 3.05) is 11.9 Å². The van der Waals surface area contributed by atoms with Gasteiger partial charge in [-0.3, -0.25) is 9.59 Å². The Kier molecular flexibility index (Phi) is 8.23. The molecule has 0 aliphatic carbocycles. The molecule has 0 aromatic heterocycles. The standard InChI is InChI=1S/C23H20ClN3O6S/c1-16(28)26-19-6-12-22(13-7-19)34(30,31)33-21-8-2-17(3-9-21)14-25-27-23(29)15-32-20-10-4-18(24)5-11-20/h2-14H,15H2,1H3,(H,26,28)(H,27,29)/b25-14-. The van der Waals surface area contributed by atoms with Crippen molar-refractivity contribution in [2.24, 2.45) is 5.10 Å². The van der Waals surface area contributed by atoms with Crippen LogP contribution in [-0.2, 0) is 19.7 Å². The average Bonchev–Trinajstić information content (AvgIpc) is 2.80. The number of nitrogens with one attached hydrogen (secondary N) is 2. The summed E-state index contributed by atoms with van der Waals surface area (Å²) in [4.78, 5) is 22.8. The lowest BCUT2D eigenvalue weighted by molar-refractivity contribution is -0.123. The van der Waals surface area contributed by atoms with E-state index in [4.69, 9.17) is 20.5 Å². The van der Waals surface area contributed by atoms with Crippen molar-refractivity contribution in [1.82, 2.24) is 5.43 Å². The zero-order chi connectivity index (χ0) is 24.6. The van der Waals surface area contributed by atoms with Crippen molar-refractivity contribution in [3.8, 4) is 11.5 Å². The molecular weight excluding hydrogens is 482 g/mol. The highest BCUT2D eigenvalue weighted by molar-refractivity contribution is 7.87. The van der Waals surface area contributed by atoms with Gasteiger partial charge in [0.1, 0.15) is 16.4 Å². The van der Waals surface area contributed by atoms with Crippen LogP contribution in [0.25, 0.3) is 0 Å². The van der Waals surface area contributed by atoms with E-state index in [0.29, 0.717) is 22.0 Å². The first kappa shape index (κ1) is 24.7. The topological polar surface area (TPSA) is 123 Å². The van der Waals surface area contributed by atoms with Crippen LogP contribution >= 0.6 is 11.6 Å². The lowest BCUT2D eigenvalue weighted by atomic mass is 10.2. The maximum atomic E-state index is 12.4. The number of ether oxygens (including phenoxy) is 1. The third-order valence-corrected chi connectivity index (χ3v) is 5.65. The van der Waals surface area contributed by atoms with Crippen LogP contribution in [0.5, 0.6) is 11.5 Å². The number of hydrazone groups is 1. The molecule has 9 nitrogen and oxygen atoms in total.